The second-order valence-electron chi connectivity index (χ2n) is 5.00. The van der Waals surface area contributed by atoms with Crippen LogP contribution in [0.5, 0.6) is 11.5 Å². The summed E-state index contributed by atoms with van der Waals surface area (Å²) in [4.78, 5) is 9.72. The topological polar surface area (TPSA) is 108 Å². The number of nitro benzene ring substituents is 1. The van der Waals surface area contributed by atoms with Crippen LogP contribution in [0.2, 0.25) is 0 Å². The summed E-state index contributed by atoms with van der Waals surface area (Å²) in [6.07, 6.45) is -4.93. The highest BCUT2D eigenvalue weighted by Crippen LogP contribution is 2.31. The van der Waals surface area contributed by atoms with Gasteiger partial charge in [-0.2, -0.15) is 0 Å². The van der Waals surface area contributed by atoms with E-state index in [1.165, 1.54) is 6.07 Å². The van der Waals surface area contributed by atoms with Gasteiger partial charge in [-0.1, -0.05) is 6.07 Å². The van der Waals surface area contributed by atoms with Gasteiger partial charge in [0.15, 0.2) is 0 Å². The molecule has 2 aromatic rings. The van der Waals surface area contributed by atoms with Crippen molar-refractivity contribution in [2.24, 2.45) is 0 Å². The van der Waals surface area contributed by atoms with Crippen molar-refractivity contribution in [1.29, 1.82) is 0 Å². The number of hydrogen-bond donors (Lipinski definition) is 1. The molecule has 146 valence electrons. The first-order valence-corrected chi connectivity index (χ1v) is 8.80. The predicted molar refractivity (Wildman–Crippen MR) is 88.2 cm³/mol. The minimum atomic E-state index is -4.93. The summed E-state index contributed by atoms with van der Waals surface area (Å²) in [5, 5.41) is 10.8. The van der Waals surface area contributed by atoms with E-state index in [0.717, 1.165) is 36.4 Å². The van der Waals surface area contributed by atoms with E-state index >= 15 is 0 Å². The number of sulfonamides is 1. The molecule has 0 spiro atoms. The van der Waals surface area contributed by atoms with Crippen LogP contribution in [0.25, 0.3) is 0 Å². The van der Waals surface area contributed by atoms with Gasteiger partial charge in [-0.3, -0.25) is 14.8 Å². The van der Waals surface area contributed by atoms with Crippen LogP contribution in [0.3, 0.4) is 0 Å². The quantitative estimate of drug-likeness (QED) is 0.555. The first-order valence-electron chi connectivity index (χ1n) is 7.31. The first-order chi connectivity index (χ1) is 12.5. The Balaban J connectivity index is 2.36. The number of nitrogens with zero attached hydrogens (tertiary/aromatic N) is 1. The molecule has 0 aliphatic rings. The molecule has 27 heavy (non-hydrogen) atoms. The molecular weight excluding hydrogens is 393 g/mol. The van der Waals surface area contributed by atoms with E-state index in [9.17, 15) is 31.7 Å². The minimum absolute atomic E-state index is 0.0403. The molecule has 0 saturated carbocycles. The number of non-ortho nitro benzene ring substituents is 1. The van der Waals surface area contributed by atoms with Crippen molar-refractivity contribution in [3.63, 3.8) is 0 Å². The Bertz CT molecular complexity index is 947. The molecule has 0 aromatic heterocycles. The van der Waals surface area contributed by atoms with Gasteiger partial charge in [0, 0.05) is 12.1 Å². The summed E-state index contributed by atoms with van der Waals surface area (Å²) >= 11 is 0. The zero-order chi connectivity index (χ0) is 20.2. The molecule has 0 radical (unpaired) electrons. The van der Waals surface area contributed by atoms with Crippen molar-refractivity contribution in [1.82, 2.24) is 0 Å². The smallest absolute Gasteiger partial charge is 0.492 e. The van der Waals surface area contributed by atoms with Gasteiger partial charge < -0.3 is 9.47 Å². The van der Waals surface area contributed by atoms with E-state index in [2.05, 4.69) is 9.46 Å². The Kier molecular flexibility index (Phi) is 5.78. The number of nitro groups is 1. The van der Waals surface area contributed by atoms with Crippen molar-refractivity contribution in [3.05, 3.63) is 52.6 Å². The van der Waals surface area contributed by atoms with Crippen LogP contribution in [0, 0.1) is 10.1 Å². The van der Waals surface area contributed by atoms with Crippen LogP contribution >= 0.6 is 0 Å². The van der Waals surface area contributed by atoms with Gasteiger partial charge in [0.2, 0.25) is 0 Å². The highest BCUT2D eigenvalue weighted by molar-refractivity contribution is 7.92. The fourth-order valence-electron chi connectivity index (χ4n) is 2.07. The Morgan fingerprint density at radius 1 is 1.19 bits per heavy atom. The van der Waals surface area contributed by atoms with E-state index in [4.69, 9.17) is 4.74 Å². The number of anilines is 1. The van der Waals surface area contributed by atoms with Crippen LogP contribution in [-0.4, -0.2) is 26.3 Å². The average molecular weight is 406 g/mol. The van der Waals surface area contributed by atoms with Crippen molar-refractivity contribution >= 4 is 21.4 Å². The number of benzene rings is 2. The lowest BCUT2D eigenvalue weighted by molar-refractivity contribution is -0.385. The number of halogens is 3. The molecule has 8 nitrogen and oxygen atoms in total. The number of ether oxygens (including phenoxy) is 2. The van der Waals surface area contributed by atoms with Gasteiger partial charge in [-0.25, -0.2) is 8.42 Å². The molecule has 0 atom stereocenters. The second-order valence-corrected chi connectivity index (χ2v) is 6.65. The largest absolute Gasteiger partial charge is 0.573 e. The monoisotopic (exact) mass is 406 g/mol. The summed E-state index contributed by atoms with van der Waals surface area (Å²) in [6.45, 7) is 1.60. The van der Waals surface area contributed by atoms with E-state index in [1.807, 2.05) is 0 Å². The summed E-state index contributed by atoms with van der Waals surface area (Å²) < 4.78 is 72.9. The maximum Gasteiger partial charge on any atom is 0.573 e. The molecule has 12 heteroatoms. The zero-order valence-electron chi connectivity index (χ0n) is 13.7. The Morgan fingerprint density at radius 3 is 2.48 bits per heavy atom. The third-order valence-electron chi connectivity index (χ3n) is 3.05. The molecule has 0 fully saturated rings. The highest BCUT2D eigenvalue weighted by Gasteiger charge is 2.31. The van der Waals surface area contributed by atoms with E-state index < -0.39 is 32.0 Å². The van der Waals surface area contributed by atoms with Gasteiger partial charge in [0.25, 0.3) is 15.7 Å². The third-order valence-corrected chi connectivity index (χ3v) is 4.47. The fraction of sp³-hybridized carbons (Fsp3) is 0.200. The predicted octanol–water partition coefficient (Wildman–Crippen LogP) is 3.69. The average Bonchev–Trinajstić information content (AvgIpc) is 2.53. The number of nitrogens with one attached hydrogen (secondary N) is 1. The molecular formula is C15H13F3N2O6S. The Morgan fingerprint density at radius 2 is 1.89 bits per heavy atom. The molecule has 0 aliphatic heterocycles. The summed E-state index contributed by atoms with van der Waals surface area (Å²) in [5.41, 5.74) is -0.574. The maximum atomic E-state index is 12.6. The SMILES string of the molecule is CCOc1cc([N+](=O)[O-])ccc1S(=O)(=O)Nc1cccc(OC(F)(F)F)c1. The summed E-state index contributed by atoms with van der Waals surface area (Å²) in [7, 11) is -4.30. The molecule has 0 unspecified atom stereocenters. The number of rotatable bonds is 7. The van der Waals surface area contributed by atoms with Crippen LogP contribution in [0.15, 0.2) is 47.4 Å². The van der Waals surface area contributed by atoms with Crippen LogP contribution in [0.1, 0.15) is 6.92 Å². The lowest BCUT2D eigenvalue weighted by Gasteiger charge is -2.14. The summed E-state index contributed by atoms with van der Waals surface area (Å²) in [5.74, 6) is -0.877. The molecule has 0 bridgehead atoms. The molecule has 1 N–H and O–H groups in total. The Hall–Kier alpha value is -3.02. The molecule has 0 aliphatic carbocycles. The maximum absolute atomic E-state index is 12.6. The first kappa shape index (κ1) is 20.3. The van der Waals surface area contributed by atoms with Crippen molar-refractivity contribution in [2.45, 2.75) is 18.2 Å². The molecule has 2 rings (SSSR count). The molecule has 0 heterocycles. The van der Waals surface area contributed by atoms with Gasteiger partial charge >= 0.3 is 6.36 Å². The lowest BCUT2D eigenvalue weighted by Crippen LogP contribution is -2.18. The van der Waals surface area contributed by atoms with Crippen molar-refractivity contribution in [3.8, 4) is 11.5 Å². The Labute approximate surface area is 151 Å². The molecule has 0 amide bonds. The van der Waals surface area contributed by atoms with Crippen LogP contribution in [-0.2, 0) is 10.0 Å². The fourth-order valence-corrected chi connectivity index (χ4v) is 3.24. The molecule has 0 saturated heterocycles. The van der Waals surface area contributed by atoms with Gasteiger partial charge in [0.1, 0.15) is 16.4 Å². The van der Waals surface area contributed by atoms with E-state index in [0.29, 0.717) is 0 Å². The highest BCUT2D eigenvalue weighted by atomic mass is 32.2. The number of hydrogen-bond acceptors (Lipinski definition) is 6. The van der Waals surface area contributed by atoms with Crippen LogP contribution < -0.4 is 14.2 Å². The second kappa shape index (κ2) is 7.70. The van der Waals surface area contributed by atoms with Gasteiger partial charge in [0.05, 0.1) is 23.3 Å². The summed E-state index contributed by atoms with van der Waals surface area (Å²) in [6, 6.07) is 7.12. The zero-order valence-corrected chi connectivity index (χ0v) is 14.5. The van der Waals surface area contributed by atoms with E-state index in [-0.39, 0.29) is 23.7 Å². The van der Waals surface area contributed by atoms with Crippen molar-refractivity contribution < 1.29 is 36.0 Å². The molecule has 2 aromatic carbocycles. The van der Waals surface area contributed by atoms with Gasteiger partial charge in [-0.05, 0) is 25.1 Å². The number of alkyl halides is 3. The minimum Gasteiger partial charge on any atom is -0.492 e. The van der Waals surface area contributed by atoms with Crippen molar-refractivity contribution in [2.75, 3.05) is 11.3 Å². The van der Waals surface area contributed by atoms with Gasteiger partial charge in [-0.15, -0.1) is 13.2 Å². The normalized spacial score (nSPS) is 11.7. The standard InChI is InChI=1S/C15H13F3N2O6S/c1-2-25-13-9-11(20(21)22)6-7-14(13)27(23,24)19-10-4-3-5-12(8-10)26-15(16,17)18/h3-9,19H,2H2,1H3. The lowest BCUT2D eigenvalue weighted by atomic mass is 10.3. The third kappa shape index (κ3) is 5.48. The van der Waals surface area contributed by atoms with Crippen LogP contribution in [0.4, 0.5) is 24.5 Å². The van der Waals surface area contributed by atoms with E-state index in [1.54, 1.807) is 6.92 Å².